The molecule has 0 fully saturated rings. The SMILES string of the molecule is CC(Oc1ccc(C#N)cc1)C(=O)Nc1ccccc1-c1nc2ccccc2[nH]1. The highest BCUT2D eigenvalue weighted by molar-refractivity contribution is 5.98. The van der Waals surface area contributed by atoms with Gasteiger partial charge in [-0.2, -0.15) is 5.26 Å². The van der Waals surface area contributed by atoms with Crippen molar-refractivity contribution in [3.05, 3.63) is 78.4 Å². The number of rotatable bonds is 5. The molecule has 0 aliphatic heterocycles. The van der Waals surface area contributed by atoms with Crippen LogP contribution in [0.4, 0.5) is 5.69 Å². The minimum absolute atomic E-state index is 0.280. The number of hydrogen-bond acceptors (Lipinski definition) is 4. The van der Waals surface area contributed by atoms with Gasteiger partial charge in [0.05, 0.1) is 28.4 Å². The third-order valence-corrected chi connectivity index (χ3v) is 4.49. The average molecular weight is 382 g/mol. The van der Waals surface area contributed by atoms with Gasteiger partial charge in [0.1, 0.15) is 11.6 Å². The lowest BCUT2D eigenvalue weighted by molar-refractivity contribution is -0.122. The van der Waals surface area contributed by atoms with Crippen molar-refractivity contribution in [1.82, 2.24) is 9.97 Å². The van der Waals surface area contributed by atoms with Gasteiger partial charge in [-0.15, -0.1) is 0 Å². The fourth-order valence-corrected chi connectivity index (χ4v) is 2.98. The van der Waals surface area contributed by atoms with Gasteiger partial charge < -0.3 is 15.0 Å². The maximum absolute atomic E-state index is 12.7. The third kappa shape index (κ3) is 3.94. The molecular weight excluding hydrogens is 364 g/mol. The summed E-state index contributed by atoms with van der Waals surface area (Å²) < 4.78 is 5.70. The molecule has 1 aromatic heterocycles. The number of H-pyrrole nitrogens is 1. The number of para-hydroxylation sites is 3. The van der Waals surface area contributed by atoms with Crippen molar-refractivity contribution in [2.45, 2.75) is 13.0 Å². The highest BCUT2D eigenvalue weighted by Crippen LogP contribution is 2.27. The molecule has 0 saturated carbocycles. The Morgan fingerprint density at radius 1 is 1.07 bits per heavy atom. The summed E-state index contributed by atoms with van der Waals surface area (Å²) in [7, 11) is 0. The summed E-state index contributed by atoms with van der Waals surface area (Å²) in [5, 5.41) is 11.8. The summed E-state index contributed by atoms with van der Waals surface area (Å²) in [5.74, 6) is 0.929. The second-order valence-corrected chi connectivity index (χ2v) is 6.53. The standard InChI is InChI=1S/C23H18N4O2/c1-15(29-17-12-10-16(14-24)11-13-17)23(28)27-19-7-3-2-6-18(19)22-25-20-8-4-5-9-21(20)26-22/h2-13,15H,1H3,(H,25,26)(H,27,28). The van der Waals surface area contributed by atoms with Gasteiger partial charge in [0.25, 0.3) is 5.91 Å². The largest absolute Gasteiger partial charge is 0.481 e. The van der Waals surface area contributed by atoms with Gasteiger partial charge in [-0.3, -0.25) is 4.79 Å². The molecule has 6 nitrogen and oxygen atoms in total. The van der Waals surface area contributed by atoms with E-state index in [2.05, 4.69) is 21.4 Å². The van der Waals surface area contributed by atoms with Gasteiger partial charge in [0.2, 0.25) is 0 Å². The number of aromatic nitrogens is 2. The zero-order valence-electron chi connectivity index (χ0n) is 15.7. The summed E-state index contributed by atoms with van der Waals surface area (Å²) in [6, 6.07) is 23.9. The first-order valence-corrected chi connectivity index (χ1v) is 9.16. The zero-order chi connectivity index (χ0) is 20.2. The van der Waals surface area contributed by atoms with E-state index in [0.717, 1.165) is 16.6 Å². The molecule has 4 aromatic rings. The van der Waals surface area contributed by atoms with E-state index in [1.165, 1.54) is 0 Å². The Bertz CT molecular complexity index is 1170. The van der Waals surface area contributed by atoms with Crippen LogP contribution in [0.25, 0.3) is 22.4 Å². The van der Waals surface area contributed by atoms with Gasteiger partial charge in [0, 0.05) is 5.56 Å². The number of ether oxygens (including phenoxy) is 1. The van der Waals surface area contributed by atoms with Crippen molar-refractivity contribution >= 4 is 22.6 Å². The maximum atomic E-state index is 12.7. The monoisotopic (exact) mass is 382 g/mol. The molecule has 4 rings (SSSR count). The fourth-order valence-electron chi connectivity index (χ4n) is 2.98. The lowest BCUT2D eigenvalue weighted by Gasteiger charge is -2.16. The molecule has 1 unspecified atom stereocenters. The number of amides is 1. The van der Waals surface area contributed by atoms with Gasteiger partial charge in [-0.05, 0) is 55.5 Å². The number of nitrogens with zero attached hydrogens (tertiary/aromatic N) is 2. The number of benzene rings is 3. The molecule has 0 aliphatic rings. The van der Waals surface area contributed by atoms with Crippen LogP contribution in [0.2, 0.25) is 0 Å². The van der Waals surface area contributed by atoms with Crippen LogP contribution in [0.3, 0.4) is 0 Å². The van der Waals surface area contributed by atoms with E-state index in [1.807, 2.05) is 48.5 Å². The second-order valence-electron chi connectivity index (χ2n) is 6.53. The lowest BCUT2D eigenvalue weighted by atomic mass is 10.1. The number of carbonyl (C=O) groups excluding carboxylic acids is 1. The molecule has 6 heteroatoms. The number of imidazole rings is 1. The highest BCUT2D eigenvalue weighted by Gasteiger charge is 2.18. The number of anilines is 1. The summed E-state index contributed by atoms with van der Waals surface area (Å²) in [6.45, 7) is 1.68. The zero-order valence-corrected chi connectivity index (χ0v) is 15.7. The van der Waals surface area contributed by atoms with Crippen molar-refractivity contribution in [2.24, 2.45) is 0 Å². The molecule has 2 N–H and O–H groups in total. The number of aromatic amines is 1. The molecular formula is C23H18N4O2. The summed E-state index contributed by atoms with van der Waals surface area (Å²) >= 11 is 0. The van der Waals surface area contributed by atoms with Crippen molar-refractivity contribution in [1.29, 1.82) is 5.26 Å². The van der Waals surface area contributed by atoms with E-state index in [-0.39, 0.29) is 5.91 Å². The van der Waals surface area contributed by atoms with E-state index in [0.29, 0.717) is 22.8 Å². The Labute approximate surface area is 167 Å². The van der Waals surface area contributed by atoms with Crippen molar-refractivity contribution < 1.29 is 9.53 Å². The summed E-state index contributed by atoms with van der Waals surface area (Å²) in [5.41, 5.74) is 3.77. The minimum Gasteiger partial charge on any atom is -0.481 e. The van der Waals surface area contributed by atoms with E-state index in [1.54, 1.807) is 31.2 Å². The lowest BCUT2D eigenvalue weighted by Crippen LogP contribution is -2.30. The summed E-state index contributed by atoms with van der Waals surface area (Å²) in [6.07, 6.45) is -0.716. The van der Waals surface area contributed by atoms with E-state index in [4.69, 9.17) is 10.00 Å². The minimum atomic E-state index is -0.716. The first kappa shape index (κ1) is 18.3. The van der Waals surface area contributed by atoms with Crippen molar-refractivity contribution in [2.75, 3.05) is 5.32 Å². The highest BCUT2D eigenvalue weighted by atomic mass is 16.5. The smallest absolute Gasteiger partial charge is 0.265 e. The Kier molecular flexibility index (Phi) is 4.95. The average Bonchev–Trinajstić information content (AvgIpc) is 3.18. The number of hydrogen-bond donors (Lipinski definition) is 2. The molecule has 29 heavy (non-hydrogen) atoms. The van der Waals surface area contributed by atoms with E-state index >= 15 is 0 Å². The van der Waals surface area contributed by atoms with Crippen LogP contribution in [-0.2, 0) is 4.79 Å². The molecule has 1 heterocycles. The quantitative estimate of drug-likeness (QED) is 0.531. The fraction of sp³-hybridized carbons (Fsp3) is 0.0870. The number of nitriles is 1. The van der Waals surface area contributed by atoms with Crippen LogP contribution in [0.15, 0.2) is 72.8 Å². The second kappa shape index (κ2) is 7.87. The Hall–Kier alpha value is -4.11. The van der Waals surface area contributed by atoms with Crippen molar-refractivity contribution in [3.8, 4) is 23.2 Å². The predicted molar refractivity (Wildman–Crippen MR) is 111 cm³/mol. The normalized spacial score (nSPS) is 11.6. The van der Waals surface area contributed by atoms with Crippen LogP contribution in [0, 0.1) is 11.3 Å². The molecule has 0 aliphatic carbocycles. The van der Waals surface area contributed by atoms with Gasteiger partial charge in [0.15, 0.2) is 6.10 Å². The number of carbonyl (C=O) groups is 1. The van der Waals surface area contributed by atoms with Gasteiger partial charge in [-0.25, -0.2) is 4.98 Å². The molecule has 0 saturated heterocycles. The Morgan fingerprint density at radius 2 is 1.79 bits per heavy atom. The third-order valence-electron chi connectivity index (χ3n) is 4.49. The predicted octanol–water partition coefficient (Wildman–Crippen LogP) is 4.51. The van der Waals surface area contributed by atoms with Crippen molar-refractivity contribution in [3.63, 3.8) is 0 Å². The van der Waals surface area contributed by atoms with Crippen LogP contribution >= 0.6 is 0 Å². The molecule has 142 valence electrons. The molecule has 3 aromatic carbocycles. The van der Waals surface area contributed by atoms with E-state index in [9.17, 15) is 4.79 Å². The number of nitrogens with one attached hydrogen (secondary N) is 2. The van der Waals surface area contributed by atoms with Crippen LogP contribution < -0.4 is 10.1 Å². The van der Waals surface area contributed by atoms with Gasteiger partial charge in [-0.1, -0.05) is 24.3 Å². The maximum Gasteiger partial charge on any atom is 0.265 e. The first-order chi connectivity index (χ1) is 14.1. The molecule has 0 spiro atoms. The molecule has 0 radical (unpaired) electrons. The van der Waals surface area contributed by atoms with Gasteiger partial charge >= 0.3 is 0 Å². The van der Waals surface area contributed by atoms with E-state index < -0.39 is 6.10 Å². The van der Waals surface area contributed by atoms with Crippen LogP contribution in [-0.4, -0.2) is 22.0 Å². The van der Waals surface area contributed by atoms with Crippen LogP contribution in [0.1, 0.15) is 12.5 Å². The van der Waals surface area contributed by atoms with Crippen LogP contribution in [0.5, 0.6) is 5.75 Å². The molecule has 1 amide bonds. The topological polar surface area (TPSA) is 90.8 Å². The molecule has 0 bridgehead atoms. The summed E-state index contributed by atoms with van der Waals surface area (Å²) in [4.78, 5) is 20.6. The first-order valence-electron chi connectivity index (χ1n) is 9.16. The number of fused-ring (bicyclic) bond motifs is 1. The Balaban J connectivity index is 1.53. The molecule has 1 atom stereocenters. The Morgan fingerprint density at radius 3 is 2.55 bits per heavy atom.